The summed E-state index contributed by atoms with van der Waals surface area (Å²) in [5.74, 6) is -0.842. The van der Waals surface area contributed by atoms with E-state index in [0.717, 1.165) is 16.5 Å². The molecule has 0 aliphatic heterocycles. The van der Waals surface area contributed by atoms with Crippen LogP contribution in [0.25, 0.3) is 11.0 Å². The predicted octanol–water partition coefficient (Wildman–Crippen LogP) is 4.53. The molecular weight excluding hydrogens is 363 g/mol. The fourth-order valence-corrected chi connectivity index (χ4v) is 2.91. The number of nitrogens with zero attached hydrogens (tertiary/aromatic N) is 1. The Balaban J connectivity index is 1.83. The highest BCUT2D eigenvalue weighted by Crippen LogP contribution is 2.25. The Morgan fingerprint density at radius 3 is 2.83 bits per heavy atom. The number of anilines is 1. The fraction of sp³-hybridized carbons (Fsp3) is 0.176. The van der Waals surface area contributed by atoms with E-state index in [2.05, 4.69) is 26.4 Å². The largest absolute Gasteiger partial charge is 0.356 e. The molecule has 118 valence electrons. The number of hydrogen-bond acceptors (Lipinski definition) is 3. The molecule has 1 heterocycles. The second kappa shape index (κ2) is 6.12. The zero-order valence-corrected chi connectivity index (χ0v) is 14.2. The normalized spacial score (nSPS) is 11.0. The highest BCUT2D eigenvalue weighted by molar-refractivity contribution is 9.10. The summed E-state index contributed by atoms with van der Waals surface area (Å²) in [5, 5.41) is 7.37. The van der Waals surface area contributed by atoms with Crippen molar-refractivity contribution in [3.8, 4) is 0 Å². The van der Waals surface area contributed by atoms with Gasteiger partial charge >= 0.3 is 0 Å². The summed E-state index contributed by atoms with van der Waals surface area (Å²) in [5.41, 5.74) is 3.41. The van der Waals surface area contributed by atoms with E-state index in [-0.39, 0.29) is 18.0 Å². The number of aryl methyl sites for hydroxylation is 2. The van der Waals surface area contributed by atoms with Crippen molar-refractivity contribution in [1.29, 1.82) is 0 Å². The molecule has 0 atom stereocenters. The van der Waals surface area contributed by atoms with Gasteiger partial charge in [0.2, 0.25) is 5.91 Å². The van der Waals surface area contributed by atoms with E-state index in [0.29, 0.717) is 15.7 Å². The van der Waals surface area contributed by atoms with Crippen LogP contribution in [0.3, 0.4) is 0 Å². The summed E-state index contributed by atoms with van der Waals surface area (Å²) in [7, 11) is 0. The van der Waals surface area contributed by atoms with Crippen molar-refractivity contribution in [3.05, 3.63) is 57.4 Å². The van der Waals surface area contributed by atoms with E-state index in [4.69, 9.17) is 4.52 Å². The molecule has 4 nitrogen and oxygen atoms in total. The number of carbonyl (C=O) groups excluding carboxylic acids is 1. The van der Waals surface area contributed by atoms with Crippen LogP contribution in [-0.2, 0) is 11.2 Å². The lowest BCUT2D eigenvalue weighted by Crippen LogP contribution is -2.15. The molecule has 3 rings (SSSR count). The third-order valence-electron chi connectivity index (χ3n) is 3.52. The van der Waals surface area contributed by atoms with Crippen LogP contribution in [0.1, 0.15) is 16.8 Å². The average Bonchev–Trinajstić information content (AvgIpc) is 2.85. The maximum Gasteiger partial charge on any atom is 0.230 e. The van der Waals surface area contributed by atoms with Gasteiger partial charge in [-0.15, -0.1) is 0 Å². The van der Waals surface area contributed by atoms with Crippen LogP contribution >= 0.6 is 15.9 Å². The molecular formula is C17H14BrFN2O2. The first kappa shape index (κ1) is 15.7. The van der Waals surface area contributed by atoms with Gasteiger partial charge in [-0.3, -0.25) is 4.79 Å². The van der Waals surface area contributed by atoms with Crippen molar-refractivity contribution >= 4 is 38.5 Å². The number of amides is 1. The van der Waals surface area contributed by atoms with Crippen molar-refractivity contribution in [3.63, 3.8) is 0 Å². The average molecular weight is 377 g/mol. The molecule has 0 saturated heterocycles. The van der Waals surface area contributed by atoms with Gasteiger partial charge in [0.1, 0.15) is 11.5 Å². The molecule has 0 bridgehead atoms. The van der Waals surface area contributed by atoms with Gasteiger partial charge in [0.05, 0.1) is 12.1 Å². The SMILES string of the molecule is Cc1cc(C)c2c(CC(=O)Nc3ccc(Br)cc3F)noc2c1. The minimum absolute atomic E-state index is 0.0202. The first-order chi connectivity index (χ1) is 10.9. The predicted molar refractivity (Wildman–Crippen MR) is 89.9 cm³/mol. The minimum Gasteiger partial charge on any atom is -0.356 e. The summed E-state index contributed by atoms with van der Waals surface area (Å²) in [6.45, 7) is 3.92. The highest BCUT2D eigenvalue weighted by atomic mass is 79.9. The van der Waals surface area contributed by atoms with E-state index in [9.17, 15) is 9.18 Å². The lowest BCUT2D eigenvalue weighted by Gasteiger charge is -2.06. The Morgan fingerprint density at radius 1 is 1.30 bits per heavy atom. The van der Waals surface area contributed by atoms with Gasteiger partial charge in [-0.1, -0.05) is 27.2 Å². The number of benzene rings is 2. The Morgan fingerprint density at radius 2 is 2.09 bits per heavy atom. The topological polar surface area (TPSA) is 55.1 Å². The lowest BCUT2D eigenvalue weighted by molar-refractivity contribution is -0.115. The van der Waals surface area contributed by atoms with E-state index in [1.807, 2.05) is 26.0 Å². The van der Waals surface area contributed by atoms with Crippen molar-refractivity contribution < 1.29 is 13.7 Å². The summed E-state index contributed by atoms with van der Waals surface area (Å²) in [6, 6.07) is 8.36. The van der Waals surface area contributed by atoms with Crippen LogP contribution in [0.5, 0.6) is 0 Å². The quantitative estimate of drug-likeness (QED) is 0.730. The molecule has 0 fully saturated rings. The summed E-state index contributed by atoms with van der Waals surface area (Å²) in [6.07, 6.45) is 0.0202. The molecule has 1 amide bonds. The van der Waals surface area contributed by atoms with Gasteiger partial charge in [-0.25, -0.2) is 4.39 Å². The molecule has 0 spiro atoms. The Kier molecular flexibility index (Phi) is 4.17. The van der Waals surface area contributed by atoms with E-state index in [1.165, 1.54) is 12.1 Å². The van der Waals surface area contributed by atoms with Crippen LogP contribution in [-0.4, -0.2) is 11.1 Å². The summed E-state index contributed by atoms with van der Waals surface area (Å²) >= 11 is 3.18. The van der Waals surface area contributed by atoms with E-state index in [1.54, 1.807) is 6.07 Å². The van der Waals surface area contributed by atoms with Gasteiger partial charge in [-0.2, -0.15) is 0 Å². The summed E-state index contributed by atoms with van der Waals surface area (Å²) < 4.78 is 19.7. The molecule has 0 aliphatic carbocycles. The molecule has 6 heteroatoms. The second-order valence-electron chi connectivity index (χ2n) is 5.43. The van der Waals surface area contributed by atoms with Gasteiger partial charge in [0, 0.05) is 9.86 Å². The standard InChI is InChI=1S/C17H14BrFN2O2/c1-9-5-10(2)17-14(21-23-15(17)6-9)8-16(22)20-13-4-3-11(18)7-12(13)19/h3-7H,8H2,1-2H3,(H,20,22). The van der Waals surface area contributed by atoms with Gasteiger partial charge < -0.3 is 9.84 Å². The molecule has 1 aromatic heterocycles. The van der Waals surface area contributed by atoms with Crippen LogP contribution in [0.2, 0.25) is 0 Å². The van der Waals surface area contributed by atoms with Crippen molar-refractivity contribution in [2.45, 2.75) is 20.3 Å². The second-order valence-corrected chi connectivity index (χ2v) is 6.35. The van der Waals surface area contributed by atoms with Crippen molar-refractivity contribution in [2.24, 2.45) is 0 Å². The van der Waals surface area contributed by atoms with E-state index >= 15 is 0 Å². The molecule has 0 saturated carbocycles. The van der Waals surface area contributed by atoms with Crippen LogP contribution < -0.4 is 5.32 Å². The highest BCUT2D eigenvalue weighted by Gasteiger charge is 2.16. The van der Waals surface area contributed by atoms with Gasteiger partial charge in [0.15, 0.2) is 5.58 Å². The van der Waals surface area contributed by atoms with Crippen molar-refractivity contribution in [1.82, 2.24) is 5.16 Å². The first-order valence-electron chi connectivity index (χ1n) is 7.04. The Hall–Kier alpha value is -2.21. The van der Waals surface area contributed by atoms with Crippen LogP contribution in [0.15, 0.2) is 39.3 Å². The fourth-order valence-electron chi connectivity index (χ4n) is 2.58. The third kappa shape index (κ3) is 3.27. The van der Waals surface area contributed by atoms with Crippen LogP contribution in [0, 0.1) is 19.7 Å². The Bertz CT molecular complexity index is 905. The number of aromatic nitrogens is 1. The number of carbonyl (C=O) groups is 1. The monoisotopic (exact) mass is 376 g/mol. The zero-order valence-electron chi connectivity index (χ0n) is 12.6. The smallest absolute Gasteiger partial charge is 0.230 e. The maximum absolute atomic E-state index is 13.8. The third-order valence-corrected chi connectivity index (χ3v) is 4.01. The van der Waals surface area contributed by atoms with Crippen molar-refractivity contribution in [2.75, 3.05) is 5.32 Å². The first-order valence-corrected chi connectivity index (χ1v) is 7.84. The Labute approximate surface area is 140 Å². The number of rotatable bonds is 3. The molecule has 0 aliphatic rings. The maximum atomic E-state index is 13.8. The number of fused-ring (bicyclic) bond motifs is 1. The van der Waals surface area contributed by atoms with Gasteiger partial charge in [-0.05, 0) is 49.2 Å². The molecule has 0 unspecified atom stereocenters. The molecule has 3 aromatic rings. The summed E-state index contributed by atoms with van der Waals surface area (Å²) in [4.78, 5) is 12.2. The number of nitrogens with one attached hydrogen (secondary N) is 1. The molecule has 2 aromatic carbocycles. The minimum atomic E-state index is -0.496. The molecule has 23 heavy (non-hydrogen) atoms. The van der Waals surface area contributed by atoms with Gasteiger partial charge in [0.25, 0.3) is 0 Å². The zero-order chi connectivity index (χ0) is 16.6. The molecule has 1 N–H and O–H groups in total. The molecule has 0 radical (unpaired) electrons. The van der Waals surface area contributed by atoms with E-state index < -0.39 is 5.82 Å². The number of hydrogen-bond donors (Lipinski definition) is 1. The lowest BCUT2D eigenvalue weighted by atomic mass is 10.0. The number of halogens is 2. The van der Waals surface area contributed by atoms with Crippen LogP contribution in [0.4, 0.5) is 10.1 Å².